The van der Waals surface area contributed by atoms with Crippen LogP contribution in [0.3, 0.4) is 0 Å². The van der Waals surface area contributed by atoms with Crippen molar-refractivity contribution < 1.29 is 4.74 Å². The average molecular weight is 221 g/mol. The van der Waals surface area contributed by atoms with Crippen molar-refractivity contribution in [2.45, 2.75) is 44.6 Å². The van der Waals surface area contributed by atoms with Gasteiger partial charge in [0.15, 0.2) is 0 Å². The smallest absolute Gasteiger partial charge is 0.216 e. The Labute approximate surface area is 96.2 Å². The number of aromatic nitrogens is 2. The zero-order valence-electron chi connectivity index (χ0n) is 9.78. The van der Waals surface area contributed by atoms with Gasteiger partial charge in [-0.3, -0.25) is 0 Å². The maximum absolute atomic E-state index is 6.21. The quantitative estimate of drug-likeness (QED) is 0.840. The van der Waals surface area contributed by atoms with Gasteiger partial charge < -0.3 is 10.5 Å². The second-order valence-corrected chi connectivity index (χ2v) is 4.56. The molecule has 1 aromatic rings. The van der Waals surface area contributed by atoms with E-state index >= 15 is 0 Å². The van der Waals surface area contributed by atoms with Gasteiger partial charge in [0.25, 0.3) is 0 Å². The molecule has 0 radical (unpaired) electrons. The van der Waals surface area contributed by atoms with E-state index in [2.05, 4.69) is 16.9 Å². The zero-order valence-corrected chi connectivity index (χ0v) is 9.78. The predicted octanol–water partition coefficient (Wildman–Crippen LogP) is 1.69. The van der Waals surface area contributed by atoms with Gasteiger partial charge in [-0.1, -0.05) is 19.8 Å². The van der Waals surface area contributed by atoms with Crippen LogP contribution in [-0.4, -0.2) is 22.1 Å². The molecule has 4 heteroatoms. The molecule has 0 unspecified atom stereocenters. The fourth-order valence-electron chi connectivity index (χ4n) is 2.09. The van der Waals surface area contributed by atoms with E-state index in [1.165, 1.54) is 12.8 Å². The molecule has 1 aliphatic rings. The first-order chi connectivity index (χ1) is 7.72. The van der Waals surface area contributed by atoms with Crippen molar-refractivity contribution >= 4 is 0 Å². The SMILES string of the molecule is CCc1cc(OCC2(N)CCCC2)ncn1. The fourth-order valence-corrected chi connectivity index (χ4v) is 2.09. The highest BCUT2D eigenvalue weighted by Crippen LogP contribution is 2.27. The van der Waals surface area contributed by atoms with Crippen LogP contribution in [0.2, 0.25) is 0 Å². The Bertz CT molecular complexity index is 348. The number of nitrogens with two attached hydrogens (primary N) is 1. The molecule has 1 aliphatic carbocycles. The number of hydrogen-bond donors (Lipinski definition) is 1. The van der Waals surface area contributed by atoms with Crippen LogP contribution in [0.1, 0.15) is 38.3 Å². The largest absolute Gasteiger partial charge is 0.476 e. The predicted molar refractivity (Wildman–Crippen MR) is 62.3 cm³/mol. The average Bonchev–Trinajstić information content (AvgIpc) is 2.75. The minimum Gasteiger partial charge on any atom is -0.476 e. The molecule has 16 heavy (non-hydrogen) atoms. The molecule has 88 valence electrons. The first-order valence-corrected chi connectivity index (χ1v) is 5.94. The van der Waals surface area contributed by atoms with Crippen molar-refractivity contribution in [2.75, 3.05) is 6.61 Å². The first-order valence-electron chi connectivity index (χ1n) is 5.94. The lowest BCUT2D eigenvalue weighted by Crippen LogP contribution is -2.42. The van der Waals surface area contributed by atoms with Crippen LogP contribution in [0.15, 0.2) is 12.4 Å². The number of nitrogens with zero attached hydrogens (tertiary/aromatic N) is 2. The lowest BCUT2D eigenvalue weighted by Gasteiger charge is -2.23. The van der Waals surface area contributed by atoms with Gasteiger partial charge in [0.2, 0.25) is 5.88 Å². The molecular formula is C12H19N3O. The first kappa shape index (κ1) is 11.3. The topological polar surface area (TPSA) is 61.0 Å². The minimum atomic E-state index is -0.142. The number of hydrogen-bond acceptors (Lipinski definition) is 4. The molecule has 0 atom stereocenters. The van der Waals surface area contributed by atoms with Gasteiger partial charge in [0.1, 0.15) is 12.9 Å². The molecular weight excluding hydrogens is 202 g/mol. The summed E-state index contributed by atoms with van der Waals surface area (Å²) in [5.41, 5.74) is 7.07. The molecule has 1 aromatic heterocycles. The summed E-state index contributed by atoms with van der Waals surface area (Å²) < 4.78 is 5.66. The summed E-state index contributed by atoms with van der Waals surface area (Å²) >= 11 is 0. The van der Waals surface area contributed by atoms with Gasteiger partial charge in [0, 0.05) is 11.8 Å². The van der Waals surface area contributed by atoms with E-state index < -0.39 is 0 Å². The van der Waals surface area contributed by atoms with Gasteiger partial charge in [-0.15, -0.1) is 0 Å². The highest BCUT2D eigenvalue weighted by atomic mass is 16.5. The van der Waals surface area contributed by atoms with E-state index in [0.717, 1.165) is 25.0 Å². The van der Waals surface area contributed by atoms with E-state index in [-0.39, 0.29) is 5.54 Å². The Morgan fingerprint density at radius 2 is 2.12 bits per heavy atom. The van der Waals surface area contributed by atoms with Crippen LogP contribution >= 0.6 is 0 Å². The van der Waals surface area contributed by atoms with Gasteiger partial charge in [-0.05, 0) is 19.3 Å². The molecule has 0 bridgehead atoms. The third-order valence-corrected chi connectivity index (χ3v) is 3.17. The summed E-state index contributed by atoms with van der Waals surface area (Å²) in [5.74, 6) is 0.642. The van der Waals surface area contributed by atoms with E-state index in [4.69, 9.17) is 10.5 Å². The second kappa shape index (κ2) is 4.78. The summed E-state index contributed by atoms with van der Waals surface area (Å²) in [6.07, 6.45) is 6.98. The Hall–Kier alpha value is -1.16. The van der Waals surface area contributed by atoms with Crippen LogP contribution in [0.5, 0.6) is 5.88 Å². The Balaban J connectivity index is 1.93. The molecule has 0 saturated heterocycles. The van der Waals surface area contributed by atoms with Gasteiger partial charge in [-0.2, -0.15) is 0 Å². The lowest BCUT2D eigenvalue weighted by atomic mass is 10.0. The third kappa shape index (κ3) is 2.70. The Morgan fingerprint density at radius 1 is 1.38 bits per heavy atom. The fraction of sp³-hybridized carbons (Fsp3) is 0.667. The molecule has 1 fully saturated rings. The van der Waals surface area contributed by atoms with Gasteiger partial charge >= 0.3 is 0 Å². The molecule has 2 rings (SSSR count). The van der Waals surface area contributed by atoms with Crippen LogP contribution in [-0.2, 0) is 6.42 Å². The highest BCUT2D eigenvalue weighted by Gasteiger charge is 2.30. The molecule has 4 nitrogen and oxygen atoms in total. The summed E-state index contributed by atoms with van der Waals surface area (Å²) in [6.45, 7) is 2.63. The van der Waals surface area contributed by atoms with Crippen molar-refractivity contribution in [2.24, 2.45) is 5.73 Å². The molecule has 0 amide bonds. The normalized spacial score (nSPS) is 18.6. The van der Waals surface area contributed by atoms with Crippen LogP contribution in [0.4, 0.5) is 0 Å². The zero-order chi connectivity index (χ0) is 11.4. The maximum atomic E-state index is 6.21. The number of rotatable bonds is 4. The Kier molecular flexibility index (Phi) is 3.39. The standard InChI is InChI=1S/C12H19N3O/c1-2-10-7-11(15-9-14-10)16-8-12(13)5-3-4-6-12/h7,9H,2-6,8,13H2,1H3. The van der Waals surface area contributed by atoms with Crippen molar-refractivity contribution in [1.29, 1.82) is 0 Å². The summed E-state index contributed by atoms with van der Waals surface area (Å²) in [5, 5.41) is 0. The van der Waals surface area contributed by atoms with Crippen molar-refractivity contribution in [1.82, 2.24) is 9.97 Å². The molecule has 0 aliphatic heterocycles. The second-order valence-electron chi connectivity index (χ2n) is 4.56. The van der Waals surface area contributed by atoms with E-state index in [1.54, 1.807) is 6.33 Å². The van der Waals surface area contributed by atoms with Crippen molar-refractivity contribution in [3.63, 3.8) is 0 Å². The van der Waals surface area contributed by atoms with E-state index in [1.807, 2.05) is 6.07 Å². The van der Waals surface area contributed by atoms with E-state index in [9.17, 15) is 0 Å². The van der Waals surface area contributed by atoms with Crippen LogP contribution < -0.4 is 10.5 Å². The lowest BCUT2D eigenvalue weighted by molar-refractivity contribution is 0.213. The van der Waals surface area contributed by atoms with Crippen molar-refractivity contribution in [3.8, 4) is 5.88 Å². The third-order valence-electron chi connectivity index (χ3n) is 3.17. The van der Waals surface area contributed by atoms with Crippen molar-refractivity contribution in [3.05, 3.63) is 18.1 Å². The highest BCUT2D eigenvalue weighted by molar-refractivity contribution is 5.13. The van der Waals surface area contributed by atoms with Gasteiger partial charge in [-0.25, -0.2) is 9.97 Å². The molecule has 0 aromatic carbocycles. The number of ether oxygens (including phenoxy) is 1. The van der Waals surface area contributed by atoms with E-state index in [0.29, 0.717) is 12.5 Å². The summed E-state index contributed by atoms with van der Waals surface area (Å²) in [7, 11) is 0. The number of aryl methyl sites for hydroxylation is 1. The molecule has 1 saturated carbocycles. The monoisotopic (exact) mass is 221 g/mol. The van der Waals surface area contributed by atoms with Crippen LogP contribution in [0.25, 0.3) is 0 Å². The maximum Gasteiger partial charge on any atom is 0.216 e. The summed E-state index contributed by atoms with van der Waals surface area (Å²) in [4.78, 5) is 8.22. The molecule has 1 heterocycles. The minimum absolute atomic E-state index is 0.142. The summed E-state index contributed by atoms with van der Waals surface area (Å²) in [6, 6.07) is 1.89. The van der Waals surface area contributed by atoms with Gasteiger partial charge in [0.05, 0.1) is 5.54 Å². The molecule has 0 spiro atoms. The van der Waals surface area contributed by atoms with Crippen LogP contribution in [0, 0.1) is 0 Å². The molecule has 2 N–H and O–H groups in total. The Morgan fingerprint density at radius 3 is 2.81 bits per heavy atom.